The van der Waals surface area contributed by atoms with Gasteiger partial charge in [0, 0.05) is 18.2 Å². The summed E-state index contributed by atoms with van der Waals surface area (Å²) in [6.07, 6.45) is 0.829. The van der Waals surface area contributed by atoms with Gasteiger partial charge in [-0.15, -0.1) is 0 Å². The summed E-state index contributed by atoms with van der Waals surface area (Å²) in [5, 5.41) is 18.6. The highest BCUT2D eigenvalue weighted by molar-refractivity contribution is 5.75. The quantitative estimate of drug-likeness (QED) is 0.799. The van der Waals surface area contributed by atoms with Crippen LogP contribution in [0.4, 0.5) is 4.39 Å². The van der Waals surface area contributed by atoms with Crippen LogP contribution < -0.4 is 0 Å². The molecule has 6 heteroatoms. The largest absolute Gasteiger partial charge is 0.465 e. The lowest BCUT2D eigenvalue weighted by Crippen LogP contribution is -2.19. The number of nitrogens with zero attached hydrogens (tertiary/aromatic N) is 2. The average Bonchev–Trinajstić information content (AvgIpc) is 2.36. The van der Waals surface area contributed by atoms with E-state index in [-0.39, 0.29) is 18.6 Å². The highest BCUT2D eigenvalue weighted by Crippen LogP contribution is 2.23. The van der Waals surface area contributed by atoms with E-state index in [1.807, 2.05) is 0 Å². The van der Waals surface area contributed by atoms with Crippen LogP contribution in [0.3, 0.4) is 0 Å². The minimum Gasteiger partial charge on any atom is -0.465 e. The van der Waals surface area contributed by atoms with Gasteiger partial charge in [0.1, 0.15) is 11.7 Å². The number of nitriles is 1. The number of hydrogen-bond acceptors (Lipinski definition) is 5. The van der Waals surface area contributed by atoms with Crippen molar-refractivity contribution in [3.63, 3.8) is 0 Å². The molecule has 0 aliphatic carbocycles. The molecule has 0 saturated heterocycles. The van der Waals surface area contributed by atoms with Gasteiger partial charge in [0.25, 0.3) is 0 Å². The zero-order valence-electron chi connectivity index (χ0n) is 9.84. The molecule has 0 aromatic carbocycles. The first-order valence-electron chi connectivity index (χ1n) is 5.43. The maximum absolute atomic E-state index is 13.3. The van der Waals surface area contributed by atoms with E-state index in [4.69, 9.17) is 5.26 Å². The molecule has 0 amide bonds. The number of ether oxygens (including phenoxy) is 1. The van der Waals surface area contributed by atoms with Crippen LogP contribution in [0.1, 0.15) is 25.0 Å². The van der Waals surface area contributed by atoms with Crippen molar-refractivity contribution in [2.75, 3.05) is 6.61 Å². The zero-order valence-corrected chi connectivity index (χ0v) is 9.84. The predicted octanol–water partition coefficient (Wildman–Crippen LogP) is 1.35. The molecular weight excluding hydrogens is 239 g/mol. The molecule has 0 radical (unpaired) electrons. The highest BCUT2D eigenvalue weighted by atomic mass is 19.1. The monoisotopic (exact) mass is 252 g/mol. The van der Waals surface area contributed by atoms with E-state index in [9.17, 15) is 14.3 Å². The predicted molar refractivity (Wildman–Crippen MR) is 59.5 cm³/mol. The normalized spacial score (nSPS) is 13.4. The van der Waals surface area contributed by atoms with Crippen molar-refractivity contribution in [3.05, 3.63) is 29.8 Å². The van der Waals surface area contributed by atoms with Crippen molar-refractivity contribution in [3.8, 4) is 6.07 Å². The Morgan fingerprint density at radius 2 is 2.44 bits per heavy atom. The van der Waals surface area contributed by atoms with Crippen molar-refractivity contribution in [2.24, 2.45) is 5.92 Å². The van der Waals surface area contributed by atoms with E-state index < -0.39 is 23.8 Å². The SMILES string of the molecule is CCOC(=O)C(C#N)CC(O)c1ccncc1F. The molecule has 18 heavy (non-hydrogen) atoms. The molecule has 0 saturated carbocycles. The van der Waals surface area contributed by atoms with Gasteiger partial charge in [-0.1, -0.05) is 0 Å². The topological polar surface area (TPSA) is 83.2 Å². The van der Waals surface area contributed by atoms with Crippen LogP contribution in [0, 0.1) is 23.1 Å². The number of pyridine rings is 1. The Labute approximate surface area is 104 Å². The lowest BCUT2D eigenvalue weighted by molar-refractivity contribution is -0.147. The fourth-order valence-corrected chi connectivity index (χ4v) is 1.45. The second-order valence-corrected chi connectivity index (χ2v) is 3.58. The van der Waals surface area contributed by atoms with E-state index in [2.05, 4.69) is 9.72 Å². The molecule has 0 fully saturated rings. The molecule has 0 spiro atoms. The summed E-state index contributed by atoms with van der Waals surface area (Å²) in [7, 11) is 0. The highest BCUT2D eigenvalue weighted by Gasteiger charge is 2.25. The second kappa shape index (κ2) is 6.67. The minimum absolute atomic E-state index is 0.00884. The van der Waals surface area contributed by atoms with Crippen molar-refractivity contribution >= 4 is 5.97 Å². The molecule has 1 aromatic rings. The molecule has 1 rings (SSSR count). The lowest BCUT2D eigenvalue weighted by Gasteiger charge is -2.14. The number of rotatable bonds is 5. The van der Waals surface area contributed by atoms with E-state index in [0.717, 1.165) is 6.20 Å². The summed E-state index contributed by atoms with van der Waals surface area (Å²) in [6.45, 7) is 1.77. The third kappa shape index (κ3) is 3.50. The Balaban J connectivity index is 2.75. The van der Waals surface area contributed by atoms with Gasteiger partial charge >= 0.3 is 5.97 Å². The molecule has 96 valence electrons. The van der Waals surface area contributed by atoms with Crippen LogP contribution in [0.5, 0.6) is 0 Å². The Morgan fingerprint density at radius 3 is 3.00 bits per heavy atom. The number of carbonyl (C=O) groups excluding carboxylic acids is 1. The summed E-state index contributed by atoms with van der Waals surface area (Å²) in [5.41, 5.74) is 0.00884. The summed E-state index contributed by atoms with van der Waals surface area (Å²) in [4.78, 5) is 14.9. The maximum Gasteiger partial charge on any atom is 0.323 e. The van der Waals surface area contributed by atoms with Crippen LogP contribution in [-0.4, -0.2) is 22.7 Å². The van der Waals surface area contributed by atoms with Crippen molar-refractivity contribution < 1.29 is 19.0 Å². The Hall–Kier alpha value is -2.00. The molecule has 1 N–H and O–H groups in total. The first-order chi connectivity index (χ1) is 8.60. The first-order valence-corrected chi connectivity index (χ1v) is 5.43. The van der Waals surface area contributed by atoms with Gasteiger partial charge in [0.2, 0.25) is 0 Å². The standard InChI is InChI=1S/C12H13FN2O3/c1-2-18-12(17)8(6-14)5-11(16)9-3-4-15-7-10(9)13/h3-4,7-8,11,16H,2,5H2,1H3. The molecule has 1 aromatic heterocycles. The zero-order chi connectivity index (χ0) is 13.5. The van der Waals surface area contributed by atoms with Gasteiger partial charge in [0.15, 0.2) is 0 Å². The van der Waals surface area contributed by atoms with Gasteiger partial charge in [0.05, 0.1) is 25.0 Å². The lowest BCUT2D eigenvalue weighted by atomic mass is 9.98. The summed E-state index contributed by atoms with van der Waals surface area (Å²) in [5.74, 6) is -2.51. The molecular formula is C12H13FN2O3. The molecule has 2 atom stereocenters. The molecule has 0 bridgehead atoms. The Bertz CT molecular complexity index is 459. The first kappa shape index (κ1) is 14.1. The number of aromatic nitrogens is 1. The molecule has 5 nitrogen and oxygen atoms in total. The van der Waals surface area contributed by atoms with E-state index in [1.54, 1.807) is 13.0 Å². The number of carbonyl (C=O) groups is 1. The number of hydrogen-bond donors (Lipinski definition) is 1. The third-order valence-corrected chi connectivity index (χ3v) is 2.35. The van der Waals surface area contributed by atoms with E-state index in [1.165, 1.54) is 12.3 Å². The number of aliphatic hydroxyl groups excluding tert-OH is 1. The summed E-state index contributed by atoms with van der Waals surface area (Å²) < 4.78 is 18.0. The van der Waals surface area contributed by atoms with Crippen molar-refractivity contribution in [1.29, 1.82) is 5.26 Å². The molecule has 1 heterocycles. The van der Waals surface area contributed by atoms with Crippen LogP contribution in [0.15, 0.2) is 18.5 Å². The van der Waals surface area contributed by atoms with E-state index in [0.29, 0.717) is 0 Å². The van der Waals surface area contributed by atoms with Gasteiger partial charge < -0.3 is 9.84 Å². The van der Waals surface area contributed by atoms with Gasteiger partial charge in [-0.3, -0.25) is 9.78 Å². The van der Waals surface area contributed by atoms with Crippen LogP contribution >= 0.6 is 0 Å². The van der Waals surface area contributed by atoms with Crippen LogP contribution in [0.2, 0.25) is 0 Å². The second-order valence-electron chi connectivity index (χ2n) is 3.58. The fraction of sp³-hybridized carbons (Fsp3) is 0.417. The summed E-state index contributed by atoms with van der Waals surface area (Å²) >= 11 is 0. The van der Waals surface area contributed by atoms with Gasteiger partial charge in [-0.05, 0) is 13.0 Å². The van der Waals surface area contributed by atoms with Gasteiger partial charge in [-0.25, -0.2) is 4.39 Å². The van der Waals surface area contributed by atoms with E-state index >= 15 is 0 Å². The maximum atomic E-state index is 13.3. The Morgan fingerprint density at radius 1 is 1.72 bits per heavy atom. The molecule has 0 aliphatic heterocycles. The van der Waals surface area contributed by atoms with Crippen molar-refractivity contribution in [1.82, 2.24) is 4.98 Å². The summed E-state index contributed by atoms with van der Waals surface area (Å²) in [6, 6.07) is 3.04. The molecule has 2 unspecified atom stereocenters. The molecule has 0 aliphatic rings. The number of aliphatic hydroxyl groups is 1. The Kier molecular flexibility index (Phi) is 5.21. The smallest absolute Gasteiger partial charge is 0.323 e. The van der Waals surface area contributed by atoms with Crippen LogP contribution in [0.25, 0.3) is 0 Å². The third-order valence-electron chi connectivity index (χ3n) is 2.35. The fourth-order valence-electron chi connectivity index (χ4n) is 1.45. The van der Waals surface area contributed by atoms with Gasteiger partial charge in [-0.2, -0.15) is 5.26 Å². The van der Waals surface area contributed by atoms with Crippen molar-refractivity contribution in [2.45, 2.75) is 19.4 Å². The number of esters is 1. The average molecular weight is 252 g/mol. The minimum atomic E-state index is -1.25. The number of halogens is 1. The van der Waals surface area contributed by atoms with Crippen LogP contribution in [-0.2, 0) is 9.53 Å².